The first-order valence-electron chi connectivity index (χ1n) is 10.3. The van der Waals surface area contributed by atoms with Gasteiger partial charge in [-0.1, -0.05) is 96.5 Å². The highest BCUT2D eigenvalue weighted by atomic mass is 16.4. The molecule has 0 spiro atoms. The molecule has 0 aliphatic heterocycles. The number of carboxylic acid groups (broad SMARTS) is 1. The average Bonchev–Trinajstić information content (AvgIpc) is 2.61. The molecule has 4 nitrogen and oxygen atoms in total. The number of unbranched alkanes of at least 4 members (excludes halogenated alkanes) is 14. The van der Waals surface area contributed by atoms with E-state index in [9.17, 15) is 9.90 Å². The standard InChI is InChI=1S/C21H40O4/c1-2-3-4-5-6-7-8-9-10-11-12-13-14-15-16-17-18-21(25,19-22)20(23)24/h17-18,22,25H,2-16,19H2,1H3,(H,23,24)/b18-17+. The maximum absolute atomic E-state index is 10.8. The number of aliphatic carboxylic acids is 1. The molecule has 0 saturated carbocycles. The SMILES string of the molecule is CCCCCCCCCCCCCCCC/C=C/C(O)(CO)C(=O)O. The Hall–Kier alpha value is -0.870. The maximum Gasteiger partial charge on any atom is 0.342 e. The van der Waals surface area contributed by atoms with E-state index in [1.54, 1.807) is 6.08 Å². The van der Waals surface area contributed by atoms with E-state index in [1.807, 2.05) is 0 Å². The van der Waals surface area contributed by atoms with Crippen LogP contribution in [0.5, 0.6) is 0 Å². The zero-order valence-electron chi connectivity index (χ0n) is 16.2. The van der Waals surface area contributed by atoms with Gasteiger partial charge in [-0.25, -0.2) is 4.79 Å². The predicted molar refractivity (Wildman–Crippen MR) is 104 cm³/mol. The lowest BCUT2D eigenvalue weighted by atomic mass is 10.0. The number of rotatable bonds is 18. The number of hydrogen-bond donors (Lipinski definition) is 3. The quantitative estimate of drug-likeness (QED) is 0.232. The molecule has 0 aromatic heterocycles. The predicted octanol–water partition coefficient (Wildman–Crippen LogP) is 5.22. The summed E-state index contributed by atoms with van der Waals surface area (Å²) in [5, 5.41) is 27.3. The van der Waals surface area contributed by atoms with E-state index in [2.05, 4.69) is 6.92 Å². The van der Waals surface area contributed by atoms with Crippen LogP contribution in [0.1, 0.15) is 103 Å². The molecule has 148 valence electrons. The van der Waals surface area contributed by atoms with Gasteiger partial charge < -0.3 is 15.3 Å². The number of carboxylic acids is 1. The van der Waals surface area contributed by atoms with Crippen LogP contribution in [-0.4, -0.2) is 33.5 Å². The first-order chi connectivity index (χ1) is 12.1. The molecule has 0 heterocycles. The maximum atomic E-state index is 10.8. The Balaban J connectivity index is 3.33. The topological polar surface area (TPSA) is 77.8 Å². The van der Waals surface area contributed by atoms with Gasteiger partial charge in [-0.3, -0.25) is 0 Å². The fourth-order valence-electron chi connectivity index (χ4n) is 2.93. The van der Waals surface area contributed by atoms with Gasteiger partial charge in [-0.15, -0.1) is 0 Å². The molecule has 1 unspecified atom stereocenters. The Morgan fingerprint density at radius 3 is 1.56 bits per heavy atom. The Morgan fingerprint density at radius 1 is 0.800 bits per heavy atom. The zero-order chi connectivity index (χ0) is 18.8. The third-order valence-electron chi connectivity index (χ3n) is 4.73. The lowest BCUT2D eigenvalue weighted by Crippen LogP contribution is -2.40. The van der Waals surface area contributed by atoms with Gasteiger partial charge in [-0.05, 0) is 18.9 Å². The van der Waals surface area contributed by atoms with E-state index in [-0.39, 0.29) is 0 Å². The summed E-state index contributed by atoms with van der Waals surface area (Å²) < 4.78 is 0. The molecular weight excluding hydrogens is 316 g/mol. The summed E-state index contributed by atoms with van der Waals surface area (Å²) in [5.41, 5.74) is -2.13. The number of aliphatic hydroxyl groups excluding tert-OH is 1. The number of allylic oxidation sites excluding steroid dienone is 1. The van der Waals surface area contributed by atoms with Crippen LogP contribution in [0.25, 0.3) is 0 Å². The molecular formula is C21H40O4. The number of carbonyl (C=O) groups is 1. The Morgan fingerprint density at radius 2 is 1.20 bits per heavy atom. The van der Waals surface area contributed by atoms with Crippen molar-refractivity contribution in [2.45, 2.75) is 109 Å². The van der Waals surface area contributed by atoms with Crippen LogP contribution in [0, 0.1) is 0 Å². The van der Waals surface area contributed by atoms with Crippen molar-refractivity contribution in [3.05, 3.63) is 12.2 Å². The van der Waals surface area contributed by atoms with Crippen molar-refractivity contribution in [1.29, 1.82) is 0 Å². The number of aliphatic hydroxyl groups is 2. The summed E-state index contributed by atoms with van der Waals surface area (Å²) in [7, 11) is 0. The van der Waals surface area contributed by atoms with Crippen molar-refractivity contribution in [2.75, 3.05) is 6.61 Å². The van der Waals surface area contributed by atoms with Crippen LogP contribution in [0.4, 0.5) is 0 Å². The first-order valence-corrected chi connectivity index (χ1v) is 10.3. The fourth-order valence-corrected chi connectivity index (χ4v) is 2.93. The third kappa shape index (κ3) is 14.0. The average molecular weight is 357 g/mol. The van der Waals surface area contributed by atoms with Crippen molar-refractivity contribution in [3.8, 4) is 0 Å². The largest absolute Gasteiger partial charge is 0.479 e. The van der Waals surface area contributed by atoms with Crippen LogP contribution in [0.15, 0.2) is 12.2 Å². The van der Waals surface area contributed by atoms with Crippen LogP contribution < -0.4 is 0 Å². The molecule has 4 heteroatoms. The third-order valence-corrected chi connectivity index (χ3v) is 4.73. The summed E-state index contributed by atoms with van der Waals surface area (Å²) in [6.07, 6.45) is 21.9. The second-order valence-electron chi connectivity index (χ2n) is 7.17. The normalized spacial score (nSPS) is 14.0. The van der Waals surface area contributed by atoms with E-state index >= 15 is 0 Å². The van der Waals surface area contributed by atoms with Gasteiger partial charge in [0.2, 0.25) is 5.60 Å². The molecule has 0 rings (SSSR count). The summed E-state index contributed by atoms with van der Waals surface area (Å²) in [6.45, 7) is 1.46. The van der Waals surface area contributed by atoms with Gasteiger partial charge in [0.25, 0.3) is 0 Å². The highest BCUT2D eigenvalue weighted by Crippen LogP contribution is 2.14. The first kappa shape index (κ1) is 24.1. The monoisotopic (exact) mass is 356 g/mol. The lowest BCUT2D eigenvalue weighted by Gasteiger charge is -2.15. The molecule has 0 aromatic rings. The van der Waals surface area contributed by atoms with Crippen LogP contribution >= 0.6 is 0 Å². The minimum absolute atomic E-state index is 0.744. The lowest BCUT2D eigenvalue weighted by molar-refractivity contribution is -0.156. The molecule has 25 heavy (non-hydrogen) atoms. The minimum Gasteiger partial charge on any atom is -0.479 e. The summed E-state index contributed by atoms with van der Waals surface area (Å²) in [4.78, 5) is 10.8. The zero-order valence-corrected chi connectivity index (χ0v) is 16.2. The molecule has 0 aliphatic rings. The van der Waals surface area contributed by atoms with Crippen molar-refractivity contribution >= 4 is 5.97 Å². The molecule has 0 aliphatic carbocycles. The van der Waals surface area contributed by atoms with E-state index < -0.39 is 18.2 Å². The minimum atomic E-state index is -2.13. The van der Waals surface area contributed by atoms with E-state index in [0.29, 0.717) is 0 Å². The van der Waals surface area contributed by atoms with Gasteiger partial charge in [0.15, 0.2) is 0 Å². The van der Waals surface area contributed by atoms with E-state index in [0.717, 1.165) is 19.3 Å². The van der Waals surface area contributed by atoms with Crippen molar-refractivity contribution in [3.63, 3.8) is 0 Å². The van der Waals surface area contributed by atoms with Crippen molar-refractivity contribution < 1.29 is 20.1 Å². The molecule has 0 amide bonds. The van der Waals surface area contributed by atoms with Gasteiger partial charge in [0.1, 0.15) is 0 Å². The second-order valence-corrected chi connectivity index (χ2v) is 7.17. The molecule has 0 bridgehead atoms. The summed E-state index contributed by atoms with van der Waals surface area (Å²) in [5.74, 6) is -1.41. The summed E-state index contributed by atoms with van der Waals surface area (Å²) in [6, 6.07) is 0. The Bertz CT molecular complexity index is 341. The second kappa shape index (κ2) is 16.6. The Labute approximate surface area is 154 Å². The molecule has 3 N–H and O–H groups in total. The van der Waals surface area contributed by atoms with Gasteiger partial charge in [0, 0.05) is 0 Å². The molecule has 0 saturated heterocycles. The highest BCUT2D eigenvalue weighted by molar-refractivity contribution is 5.79. The van der Waals surface area contributed by atoms with Crippen LogP contribution in [0.3, 0.4) is 0 Å². The van der Waals surface area contributed by atoms with Crippen molar-refractivity contribution in [1.82, 2.24) is 0 Å². The van der Waals surface area contributed by atoms with Crippen LogP contribution in [-0.2, 0) is 4.79 Å². The fraction of sp³-hybridized carbons (Fsp3) is 0.857. The van der Waals surface area contributed by atoms with Gasteiger partial charge >= 0.3 is 5.97 Å². The number of hydrogen-bond acceptors (Lipinski definition) is 3. The smallest absolute Gasteiger partial charge is 0.342 e. The van der Waals surface area contributed by atoms with Gasteiger partial charge in [-0.2, -0.15) is 0 Å². The molecule has 0 aromatic carbocycles. The molecule has 0 radical (unpaired) electrons. The van der Waals surface area contributed by atoms with E-state index in [4.69, 9.17) is 10.2 Å². The summed E-state index contributed by atoms with van der Waals surface area (Å²) >= 11 is 0. The van der Waals surface area contributed by atoms with Crippen LogP contribution in [0.2, 0.25) is 0 Å². The highest BCUT2D eigenvalue weighted by Gasteiger charge is 2.31. The van der Waals surface area contributed by atoms with E-state index in [1.165, 1.54) is 83.1 Å². The van der Waals surface area contributed by atoms with Gasteiger partial charge in [0.05, 0.1) is 6.61 Å². The molecule has 1 atom stereocenters. The molecule has 0 fully saturated rings. The van der Waals surface area contributed by atoms with Crippen molar-refractivity contribution in [2.24, 2.45) is 0 Å². The Kier molecular flexibility index (Phi) is 16.0.